The second-order valence-electron chi connectivity index (χ2n) is 21.9. The molecule has 1 saturated carbocycles. The smallest absolute Gasteiger partial charge is 0.329 e. The van der Waals surface area contributed by atoms with Crippen LogP contribution in [-0.2, 0) is 71.3 Å². The zero-order valence-corrected chi connectivity index (χ0v) is 48.0. The summed E-state index contributed by atoms with van der Waals surface area (Å²) in [5, 5.41) is 12.2. The molecule has 1 N–H and O–H groups in total. The molecule has 1 amide bonds. The van der Waals surface area contributed by atoms with Gasteiger partial charge in [0.25, 0.3) is 11.7 Å². The molecule has 2 saturated heterocycles. The summed E-state index contributed by atoms with van der Waals surface area (Å²) in [5.41, 5.74) is 1.51. The number of cyclic esters (lactones) is 1. The maximum absolute atomic E-state index is 14.7. The Balaban J connectivity index is 1.72. The Hall–Kier alpha value is -3.49. The van der Waals surface area contributed by atoms with Gasteiger partial charge in [-0.1, -0.05) is 71.1 Å². The average Bonchev–Trinajstić information content (AvgIpc) is 3.40. The molecule has 3 aliphatic heterocycles. The fourth-order valence-corrected chi connectivity index (χ4v) is 11.3. The Morgan fingerprint density at radius 1 is 0.737 bits per heavy atom. The molecule has 0 unspecified atom stereocenters. The van der Waals surface area contributed by atoms with E-state index in [0.717, 1.165) is 18.4 Å². The first-order valence-corrected chi connectivity index (χ1v) is 27.9. The molecule has 0 aromatic heterocycles. The second-order valence-corrected chi connectivity index (χ2v) is 21.9. The lowest BCUT2D eigenvalue weighted by molar-refractivity contribution is -0.266. The van der Waals surface area contributed by atoms with Crippen molar-refractivity contribution in [3.05, 3.63) is 47.6 Å². The van der Waals surface area contributed by atoms with E-state index in [4.69, 9.17) is 47.4 Å². The highest BCUT2D eigenvalue weighted by Gasteiger charge is 2.53. The molecule has 17 heteroatoms. The van der Waals surface area contributed by atoms with Crippen LogP contribution in [0.25, 0.3) is 0 Å². The third-order valence-corrected chi connectivity index (χ3v) is 16.0. The van der Waals surface area contributed by atoms with Crippen LogP contribution in [-0.4, -0.2) is 176 Å². The fraction of sp³-hybridized carbons (Fsp3) is 0.780. The molecule has 3 fully saturated rings. The van der Waals surface area contributed by atoms with Crippen molar-refractivity contribution >= 4 is 29.2 Å². The van der Waals surface area contributed by atoms with Gasteiger partial charge in [-0.25, -0.2) is 4.79 Å². The van der Waals surface area contributed by atoms with E-state index < -0.39 is 71.8 Å². The van der Waals surface area contributed by atoms with E-state index in [1.165, 1.54) is 19.1 Å². The van der Waals surface area contributed by atoms with Crippen LogP contribution >= 0.6 is 0 Å². The number of hydrogen-bond acceptors (Lipinski definition) is 16. The highest BCUT2D eigenvalue weighted by molar-refractivity contribution is 6.39. The van der Waals surface area contributed by atoms with Crippen molar-refractivity contribution in [3.8, 4) is 0 Å². The third kappa shape index (κ3) is 19.1. The number of rotatable bonds is 17. The monoisotopic (exact) mass is 1070 g/mol. The van der Waals surface area contributed by atoms with E-state index in [1.807, 2.05) is 65.0 Å². The summed E-state index contributed by atoms with van der Waals surface area (Å²) in [6, 6.07) is -1.14. The minimum atomic E-state index is -2.47. The molecule has 17 nitrogen and oxygen atoms in total. The number of esters is 1. The van der Waals surface area contributed by atoms with Gasteiger partial charge in [-0.2, -0.15) is 0 Å². The normalized spacial score (nSPS) is 36.3. The molecule has 0 spiro atoms. The van der Waals surface area contributed by atoms with Gasteiger partial charge in [0.15, 0.2) is 5.78 Å². The van der Waals surface area contributed by atoms with Crippen LogP contribution in [0.1, 0.15) is 126 Å². The van der Waals surface area contributed by atoms with Gasteiger partial charge in [-0.3, -0.25) is 19.2 Å². The molecule has 0 radical (unpaired) electrons. The molecule has 0 aromatic carbocycles. The number of fused-ring (bicyclic) bond motifs is 3. The zero-order valence-electron chi connectivity index (χ0n) is 48.0. The molecule has 4 rings (SSSR count). The molecule has 15 atom stereocenters. The number of nitrogens with zero attached hydrogens (tertiary/aromatic N) is 1. The van der Waals surface area contributed by atoms with Gasteiger partial charge < -0.3 is 57.4 Å². The van der Waals surface area contributed by atoms with Gasteiger partial charge in [0.2, 0.25) is 5.79 Å². The SMILES string of the molecule is COCCOCCO[C@H]1C[C@@H]2CC[C@@H](C)[C@@](O)(O2)C(=O)C(=O)N2CCCC[C@H]2C(=O)O[C@H]([C@H](C)C[C@@H]2CC[C@@H](OCCOC)[C@H](OC)C2)CC(=O)[C@H](C)/C=C(\C)[C@@H](OC)[C@@H](OC)C(=O)[C@H](C)C[C@H](C)/C=C/C=C/C=C/1C. The lowest BCUT2D eigenvalue weighted by atomic mass is 9.78. The Morgan fingerprint density at radius 3 is 2.13 bits per heavy atom. The molecule has 4 aliphatic rings. The van der Waals surface area contributed by atoms with Crippen molar-refractivity contribution in [1.82, 2.24) is 4.90 Å². The molecule has 1 aliphatic carbocycles. The predicted molar refractivity (Wildman–Crippen MR) is 287 cm³/mol. The Morgan fingerprint density at radius 2 is 1.43 bits per heavy atom. The summed E-state index contributed by atoms with van der Waals surface area (Å²) < 4.78 is 58.8. The second kappa shape index (κ2) is 33.2. The fourth-order valence-electron chi connectivity index (χ4n) is 11.3. The molecule has 2 bridgehead atoms. The number of hydrogen-bond donors (Lipinski definition) is 1. The highest BCUT2D eigenvalue weighted by Crippen LogP contribution is 2.38. The van der Waals surface area contributed by atoms with Crippen molar-refractivity contribution in [3.63, 3.8) is 0 Å². The largest absolute Gasteiger partial charge is 0.460 e. The highest BCUT2D eigenvalue weighted by atomic mass is 16.6. The summed E-state index contributed by atoms with van der Waals surface area (Å²) in [4.78, 5) is 73.4. The number of methoxy groups -OCH3 is 5. The van der Waals surface area contributed by atoms with Crippen LogP contribution < -0.4 is 0 Å². The van der Waals surface area contributed by atoms with Crippen molar-refractivity contribution in [2.45, 2.75) is 180 Å². The van der Waals surface area contributed by atoms with Crippen LogP contribution in [0.15, 0.2) is 47.6 Å². The maximum Gasteiger partial charge on any atom is 0.329 e. The Kier molecular flexibility index (Phi) is 28.4. The van der Waals surface area contributed by atoms with Crippen molar-refractivity contribution in [2.24, 2.45) is 35.5 Å². The predicted octanol–water partition coefficient (Wildman–Crippen LogP) is 7.54. The van der Waals surface area contributed by atoms with Crippen LogP contribution in [0.2, 0.25) is 0 Å². The van der Waals surface area contributed by atoms with E-state index in [2.05, 4.69) is 0 Å². The van der Waals surface area contributed by atoms with Crippen LogP contribution in [0.4, 0.5) is 0 Å². The molecule has 432 valence electrons. The van der Waals surface area contributed by atoms with Gasteiger partial charge >= 0.3 is 5.97 Å². The van der Waals surface area contributed by atoms with Gasteiger partial charge in [-0.05, 0) is 107 Å². The number of Topliss-reactive ketones (excluding diaryl/α,β-unsaturated/α-hetero) is 3. The number of carbonyl (C=O) groups excluding carboxylic acids is 5. The van der Waals surface area contributed by atoms with Gasteiger partial charge in [-0.15, -0.1) is 0 Å². The Labute approximate surface area is 454 Å². The van der Waals surface area contributed by atoms with Gasteiger partial charge in [0.1, 0.15) is 30.1 Å². The van der Waals surface area contributed by atoms with Crippen LogP contribution in [0.5, 0.6) is 0 Å². The minimum Gasteiger partial charge on any atom is -0.460 e. The van der Waals surface area contributed by atoms with Crippen LogP contribution in [0, 0.1) is 35.5 Å². The van der Waals surface area contributed by atoms with E-state index in [0.29, 0.717) is 83.6 Å². The number of carbonyl (C=O) groups is 5. The van der Waals surface area contributed by atoms with Gasteiger partial charge in [0.05, 0.1) is 64.1 Å². The number of ketones is 3. The van der Waals surface area contributed by atoms with Crippen molar-refractivity contribution in [1.29, 1.82) is 0 Å². The molecule has 76 heavy (non-hydrogen) atoms. The summed E-state index contributed by atoms with van der Waals surface area (Å²) in [7, 11) is 7.91. The number of piperidine rings is 1. The average molecular weight is 1070 g/mol. The first kappa shape index (κ1) is 65.0. The summed E-state index contributed by atoms with van der Waals surface area (Å²) in [6.45, 7) is 15.5. The lowest BCUT2D eigenvalue weighted by Crippen LogP contribution is -2.61. The number of amides is 1. The topological polar surface area (TPSA) is 201 Å². The van der Waals surface area contributed by atoms with E-state index >= 15 is 0 Å². The molecular formula is C59H95NO16. The number of ether oxygens (including phenoxy) is 10. The van der Waals surface area contributed by atoms with Gasteiger partial charge in [0, 0.05) is 72.7 Å². The van der Waals surface area contributed by atoms with E-state index in [-0.39, 0.29) is 79.9 Å². The summed E-state index contributed by atoms with van der Waals surface area (Å²) in [5.74, 6) is -7.55. The van der Waals surface area contributed by atoms with E-state index in [1.54, 1.807) is 41.3 Å². The quantitative estimate of drug-likeness (QED) is 0.0648. The standard InChI is InChI=1S/C59H95NO16/c1-38-18-14-13-15-19-39(2)50(74-31-29-72-28-26-67-8)36-46-23-21-44(7)59(66,76-46)56(63)57(64)60-25-17-16-20-47(60)58(65)75-51(41(4)34-45-22-24-49(52(35-45)69-10)73-30-27-68-9)37-48(61)40(3)33-43(6)54(70-11)55(71-12)53(62)42(5)32-38/h13-15,18-19,33,38,40-42,44-47,49-52,54-55,66H,16-17,20-32,34-37H2,1-12H3/b15-13+,18-14+,39-19+,43-33+/t38-,40-,41-,42-,44-,45+,46+,47+,49-,50+,51+,52-,54-,55+,59-/m1/s1. The lowest BCUT2D eigenvalue weighted by Gasteiger charge is -2.43. The summed E-state index contributed by atoms with van der Waals surface area (Å²) in [6.07, 6.45) is 13.3. The van der Waals surface area contributed by atoms with Crippen LogP contribution in [0.3, 0.4) is 0 Å². The molecular weight excluding hydrogens is 979 g/mol. The maximum atomic E-state index is 14.7. The Bertz CT molecular complexity index is 1950. The third-order valence-electron chi connectivity index (χ3n) is 16.0. The number of aliphatic hydroxyl groups is 1. The van der Waals surface area contributed by atoms with Crippen molar-refractivity contribution in [2.75, 3.05) is 81.7 Å². The molecule has 3 heterocycles. The minimum absolute atomic E-state index is 0.0348. The van der Waals surface area contributed by atoms with Crippen molar-refractivity contribution < 1.29 is 76.4 Å². The number of allylic oxidation sites excluding steroid dienone is 6. The van der Waals surface area contributed by atoms with E-state index in [9.17, 15) is 29.1 Å². The summed E-state index contributed by atoms with van der Waals surface area (Å²) >= 11 is 0. The first-order valence-electron chi connectivity index (χ1n) is 27.9. The first-order chi connectivity index (χ1) is 36.3. The molecule has 0 aromatic rings. The zero-order chi connectivity index (χ0) is 56.0.